The number of halogens is 4. The van der Waals surface area contributed by atoms with E-state index in [1.54, 1.807) is 12.1 Å². The predicted molar refractivity (Wildman–Crippen MR) is 96.0 cm³/mol. The fraction of sp³-hybridized carbons (Fsp3) is 0.333. The zero-order valence-electron chi connectivity index (χ0n) is 15.0. The Morgan fingerprint density at radius 3 is 2.44 bits per heavy atom. The Kier molecular flexibility index (Phi) is 5.18. The van der Waals surface area contributed by atoms with Crippen LogP contribution in [0.4, 0.5) is 17.6 Å². The lowest BCUT2D eigenvalue weighted by atomic mass is 9.97. The minimum absolute atomic E-state index is 0.124. The Morgan fingerprint density at radius 2 is 1.78 bits per heavy atom. The fourth-order valence-corrected chi connectivity index (χ4v) is 3.04. The van der Waals surface area contributed by atoms with Gasteiger partial charge >= 0.3 is 11.8 Å². The predicted octanol–water partition coefficient (Wildman–Crippen LogP) is 5.43. The number of rotatable bonds is 6. The molecule has 0 fully saturated rings. The molecular formula is C21H21F4NO. The quantitative estimate of drug-likeness (QED) is 0.621. The van der Waals surface area contributed by atoms with Gasteiger partial charge in [-0.15, -0.1) is 0 Å². The fourth-order valence-electron chi connectivity index (χ4n) is 3.04. The van der Waals surface area contributed by atoms with Gasteiger partial charge in [-0.05, 0) is 35.2 Å². The van der Waals surface area contributed by atoms with E-state index in [-0.39, 0.29) is 20.0 Å². The van der Waals surface area contributed by atoms with E-state index in [4.69, 9.17) is 4.74 Å². The van der Waals surface area contributed by atoms with Crippen molar-refractivity contribution >= 4 is 0 Å². The Hall–Kier alpha value is -2.50. The van der Waals surface area contributed by atoms with Crippen LogP contribution in [-0.4, -0.2) is 23.3 Å². The second-order valence-electron chi connectivity index (χ2n) is 6.79. The van der Waals surface area contributed by atoms with Gasteiger partial charge in [-0.2, -0.15) is 17.6 Å². The van der Waals surface area contributed by atoms with Crippen LogP contribution in [0.2, 0.25) is 0 Å². The summed E-state index contributed by atoms with van der Waals surface area (Å²) in [5.41, 5.74) is 1.98. The smallest absolute Gasteiger partial charge is 0.348 e. The largest absolute Gasteiger partial charge is 0.489 e. The van der Waals surface area contributed by atoms with E-state index in [2.05, 4.69) is 6.58 Å². The minimum atomic E-state index is -4.27. The summed E-state index contributed by atoms with van der Waals surface area (Å²) in [6.45, 7) is 4.22. The van der Waals surface area contributed by atoms with E-state index < -0.39 is 17.5 Å². The first kappa shape index (κ1) is 19.3. The van der Waals surface area contributed by atoms with Crippen molar-refractivity contribution in [3.8, 4) is 5.75 Å². The average molecular weight is 379 g/mol. The molecule has 0 saturated carbocycles. The number of fused-ring (bicyclic) bond motifs is 1. The molecule has 3 rings (SSSR count). The molecule has 27 heavy (non-hydrogen) atoms. The lowest BCUT2D eigenvalue weighted by Crippen LogP contribution is -2.46. The molecule has 1 aliphatic rings. The van der Waals surface area contributed by atoms with Gasteiger partial charge in [-0.25, -0.2) is 0 Å². The van der Waals surface area contributed by atoms with Crippen LogP contribution in [0.3, 0.4) is 0 Å². The molecule has 2 aromatic rings. The van der Waals surface area contributed by atoms with Gasteiger partial charge in [0.1, 0.15) is 12.4 Å². The summed E-state index contributed by atoms with van der Waals surface area (Å²) >= 11 is 0. The molecule has 0 amide bonds. The molecule has 144 valence electrons. The maximum absolute atomic E-state index is 13.9. The maximum Gasteiger partial charge on any atom is 0.348 e. The zero-order chi connectivity index (χ0) is 19.7. The number of hydrogen-bond acceptors (Lipinski definition) is 2. The van der Waals surface area contributed by atoms with Crippen molar-refractivity contribution < 1.29 is 22.3 Å². The molecule has 0 aromatic heterocycles. The topological polar surface area (TPSA) is 12.5 Å². The lowest BCUT2D eigenvalue weighted by Gasteiger charge is -2.37. The molecule has 0 aliphatic carbocycles. The number of benzene rings is 2. The van der Waals surface area contributed by atoms with Crippen LogP contribution >= 0.6 is 0 Å². The molecule has 0 spiro atoms. The molecule has 6 heteroatoms. The molecule has 1 heterocycles. The van der Waals surface area contributed by atoms with Crippen molar-refractivity contribution in [3.63, 3.8) is 0 Å². The molecular weight excluding hydrogens is 358 g/mol. The molecule has 0 atom stereocenters. The molecule has 0 saturated heterocycles. The molecule has 2 aromatic carbocycles. The van der Waals surface area contributed by atoms with Gasteiger partial charge in [0.15, 0.2) is 0 Å². The summed E-state index contributed by atoms with van der Waals surface area (Å²) in [7, 11) is 0. The Morgan fingerprint density at radius 1 is 1.07 bits per heavy atom. The van der Waals surface area contributed by atoms with E-state index >= 15 is 0 Å². The highest BCUT2D eigenvalue weighted by molar-refractivity contribution is 5.38. The molecule has 0 N–H and O–H groups in total. The van der Waals surface area contributed by atoms with Crippen LogP contribution in [0, 0.1) is 0 Å². The third-order valence-corrected chi connectivity index (χ3v) is 4.73. The molecule has 2 nitrogen and oxygen atoms in total. The standard InChI is InChI=1S/C21H21F4NO/c1-15(21(24,25)20(2,22)23)26-11-10-17-12-19(9-8-18(17)13-26)27-14-16-6-4-3-5-7-16/h3-9,12H,1,10-11,13-14H2,2H3. The van der Waals surface area contributed by atoms with Crippen molar-refractivity contribution in [1.29, 1.82) is 0 Å². The SMILES string of the molecule is C=C(N1CCc2cc(OCc3ccccc3)ccc2C1)C(F)(F)C(C)(F)F. The first-order valence-electron chi connectivity index (χ1n) is 8.67. The van der Waals surface area contributed by atoms with Crippen LogP contribution < -0.4 is 4.74 Å². The van der Waals surface area contributed by atoms with E-state index in [0.29, 0.717) is 18.8 Å². The highest BCUT2D eigenvalue weighted by Crippen LogP contribution is 2.41. The van der Waals surface area contributed by atoms with Crippen LogP contribution in [0.15, 0.2) is 60.8 Å². The minimum Gasteiger partial charge on any atom is -0.489 e. The van der Waals surface area contributed by atoms with E-state index in [1.165, 1.54) is 4.90 Å². The average Bonchev–Trinajstić information content (AvgIpc) is 2.65. The third-order valence-electron chi connectivity index (χ3n) is 4.73. The molecule has 0 bridgehead atoms. The van der Waals surface area contributed by atoms with Crippen LogP contribution in [0.5, 0.6) is 5.75 Å². The number of hydrogen-bond donors (Lipinski definition) is 0. The lowest BCUT2D eigenvalue weighted by molar-refractivity contribution is -0.184. The van der Waals surface area contributed by atoms with Crippen molar-refractivity contribution in [2.75, 3.05) is 6.54 Å². The van der Waals surface area contributed by atoms with E-state index in [9.17, 15) is 17.6 Å². The van der Waals surface area contributed by atoms with Gasteiger partial charge in [0.2, 0.25) is 0 Å². The monoisotopic (exact) mass is 379 g/mol. The summed E-state index contributed by atoms with van der Waals surface area (Å²) in [5, 5.41) is 0. The summed E-state index contributed by atoms with van der Waals surface area (Å²) in [6, 6.07) is 15.2. The zero-order valence-corrected chi connectivity index (χ0v) is 15.0. The highest BCUT2D eigenvalue weighted by atomic mass is 19.3. The van der Waals surface area contributed by atoms with E-state index in [0.717, 1.165) is 16.7 Å². The summed E-state index contributed by atoms with van der Waals surface area (Å²) in [6.07, 6.45) is 0.461. The normalized spacial score (nSPS) is 14.6. The first-order valence-corrected chi connectivity index (χ1v) is 8.67. The highest BCUT2D eigenvalue weighted by Gasteiger charge is 2.56. The third kappa shape index (κ3) is 4.10. The van der Waals surface area contributed by atoms with Crippen LogP contribution in [0.1, 0.15) is 23.6 Å². The Bertz CT molecular complexity index is 815. The van der Waals surface area contributed by atoms with Crippen molar-refractivity contribution in [2.45, 2.75) is 38.3 Å². The van der Waals surface area contributed by atoms with E-state index in [1.807, 2.05) is 36.4 Å². The number of nitrogens with zero attached hydrogens (tertiary/aromatic N) is 1. The van der Waals surface area contributed by atoms with Crippen LogP contribution in [-0.2, 0) is 19.6 Å². The molecule has 1 aliphatic heterocycles. The van der Waals surface area contributed by atoms with Gasteiger partial charge in [0, 0.05) is 20.0 Å². The number of alkyl halides is 4. The van der Waals surface area contributed by atoms with Crippen LogP contribution in [0.25, 0.3) is 0 Å². The van der Waals surface area contributed by atoms with Gasteiger partial charge in [0.25, 0.3) is 0 Å². The summed E-state index contributed by atoms with van der Waals surface area (Å²) < 4.78 is 60.0. The van der Waals surface area contributed by atoms with Gasteiger partial charge in [-0.1, -0.05) is 43.0 Å². The van der Waals surface area contributed by atoms with Crippen molar-refractivity contribution in [3.05, 3.63) is 77.5 Å². The number of allylic oxidation sites excluding steroid dienone is 1. The summed E-state index contributed by atoms with van der Waals surface area (Å²) in [4.78, 5) is 1.23. The Balaban J connectivity index is 1.68. The number of ether oxygens (including phenoxy) is 1. The molecule has 0 radical (unpaired) electrons. The maximum atomic E-state index is 13.9. The van der Waals surface area contributed by atoms with Gasteiger partial charge < -0.3 is 9.64 Å². The van der Waals surface area contributed by atoms with Crippen molar-refractivity contribution in [2.24, 2.45) is 0 Å². The second-order valence-corrected chi connectivity index (χ2v) is 6.79. The Labute approximate surface area is 156 Å². The van der Waals surface area contributed by atoms with Gasteiger partial charge in [0.05, 0.1) is 5.70 Å². The van der Waals surface area contributed by atoms with Gasteiger partial charge in [-0.3, -0.25) is 0 Å². The summed E-state index contributed by atoms with van der Waals surface area (Å²) in [5.74, 6) is -7.74. The second kappa shape index (κ2) is 7.25. The first-order chi connectivity index (χ1) is 12.7. The molecule has 0 unspecified atom stereocenters. The van der Waals surface area contributed by atoms with Crippen molar-refractivity contribution in [1.82, 2.24) is 4.90 Å².